The molecular weight excluding hydrogens is 178 g/mol. The molecular formula is C10H19N3O. The summed E-state index contributed by atoms with van der Waals surface area (Å²) in [7, 11) is 0. The molecule has 0 spiro atoms. The van der Waals surface area contributed by atoms with Crippen molar-refractivity contribution in [1.82, 2.24) is 15.5 Å². The Bertz CT molecular complexity index is 281. The zero-order valence-electron chi connectivity index (χ0n) is 9.09. The Morgan fingerprint density at radius 2 is 2.36 bits per heavy atom. The number of aromatic amines is 1. The zero-order chi connectivity index (χ0) is 10.6. The lowest BCUT2D eigenvalue weighted by atomic mass is 10.0. The van der Waals surface area contributed by atoms with E-state index in [9.17, 15) is 5.11 Å². The lowest BCUT2D eigenvalue weighted by Crippen LogP contribution is -2.36. The summed E-state index contributed by atoms with van der Waals surface area (Å²) in [4.78, 5) is 0. The molecule has 14 heavy (non-hydrogen) atoms. The number of nitrogens with zero attached hydrogens (tertiary/aromatic N) is 1. The lowest BCUT2D eigenvalue weighted by Gasteiger charge is -2.21. The van der Waals surface area contributed by atoms with E-state index in [-0.39, 0.29) is 0 Å². The lowest BCUT2D eigenvalue weighted by molar-refractivity contribution is 0.0555. The van der Waals surface area contributed by atoms with Gasteiger partial charge < -0.3 is 10.4 Å². The maximum atomic E-state index is 9.74. The van der Waals surface area contributed by atoms with Crippen molar-refractivity contribution in [3.8, 4) is 0 Å². The minimum Gasteiger partial charge on any atom is -0.389 e. The van der Waals surface area contributed by atoms with Crippen molar-refractivity contribution in [2.24, 2.45) is 0 Å². The largest absolute Gasteiger partial charge is 0.389 e. The second-order valence-corrected chi connectivity index (χ2v) is 3.97. The molecule has 80 valence electrons. The fourth-order valence-electron chi connectivity index (χ4n) is 1.15. The van der Waals surface area contributed by atoms with E-state index < -0.39 is 5.60 Å². The summed E-state index contributed by atoms with van der Waals surface area (Å²) in [5.74, 6) is 0. The fourth-order valence-corrected chi connectivity index (χ4v) is 1.15. The van der Waals surface area contributed by atoms with E-state index in [4.69, 9.17) is 0 Å². The second kappa shape index (κ2) is 4.57. The first kappa shape index (κ1) is 11.2. The van der Waals surface area contributed by atoms with Gasteiger partial charge in [-0.3, -0.25) is 5.10 Å². The van der Waals surface area contributed by atoms with Gasteiger partial charge in [0.1, 0.15) is 0 Å². The first-order chi connectivity index (χ1) is 6.55. The monoisotopic (exact) mass is 197 g/mol. The van der Waals surface area contributed by atoms with Crippen molar-refractivity contribution in [2.45, 2.75) is 39.3 Å². The van der Waals surface area contributed by atoms with Gasteiger partial charge >= 0.3 is 0 Å². The van der Waals surface area contributed by atoms with Gasteiger partial charge in [0.25, 0.3) is 0 Å². The van der Waals surface area contributed by atoms with Gasteiger partial charge in [-0.15, -0.1) is 0 Å². The van der Waals surface area contributed by atoms with Crippen LogP contribution in [0.15, 0.2) is 6.20 Å². The van der Waals surface area contributed by atoms with Gasteiger partial charge in [0, 0.05) is 24.3 Å². The normalized spacial score (nSPS) is 15.4. The predicted octanol–water partition coefficient (Wildman–Crippen LogP) is 0.969. The van der Waals surface area contributed by atoms with E-state index in [1.165, 1.54) is 0 Å². The number of aromatic nitrogens is 2. The van der Waals surface area contributed by atoms with Crippen molar-refractivity contribution in [3.05, 3.63) is 17.5 Å². The SMILES string of the molecule is CCC(C)(O)CNCc1cn[nH]c1C. The van der Waals surface area contributed by atoms with Crippen LogP contribution < -0.4 is 5.32 Å². The number of aryl methyl sites for hydroxylation is 1. The topological polar surface area (TPSA) is 60.9 Å². The Kier molecular flexibility index (Phi) is 3.66. The van der Waals surface area contributed by atoms with Crippen molar-refractivity contribution in [3.63, 3.8) is 0 Å². The summed E-state index contributed by atoms with van der Waals surface area (Å²) in [5, 5.41) is 19.8. The number of rotatable bonds is 5. The third-order valence-corrected chi connectivity index (χ3v) is 2.52. The highest BCUT2D eigenvalue weighted by Gasteiger charge is 2.16. The highest BCUT2D eigenvalue weighted by Crippen LogP contribution is 2.07. The van der Waals surface area contributed by atoms with Crippen LogP contribution in [0.5, 0.6) is 0 Å². The van der Waals surface area contributed by atoms with E-state index in [0.717, 1.165) is 24.2 Å². The van der Waals surface area contributed by atoms with Crippen molar-refractivity contribution in [1.29, 1.82) is 0 Å². The van der Waals surface area contributed by atoms with E-state index in [2.05, 4.69) is 15.5 Å². The molecule has 0 saturated carbocycles. The summed E-state index contributed by atoms with van der Waals surface area (Å²) < 4.78 is 0. The Labute approximate surface area is 84.7 Å². The van der Waals surface area contributed by atoms with E-state index in [1.54, 1.807) is 0 Å². The van der Waals surface area contributed by atoms with Crippen LogP contribution in [0.1, 0.15) is 31.5 Å². The summed E-state index contributed by atoms with van der Waals surface area (Å²) in [6.07, 6.45) is 2.56. The van der Waals surface area contributed by atoms with Crippen molar-refractivity contribution < 1.29 is 5.11 Å². The third-order valence-electron chi connectivity index (χ3n) is 2.52. The van der Waals surface area contributed by atoms with Crippen LogP contribution >= 0.6 is 0 Å². The summed E-state index contributed by atoms with van der Waals surface area (Å²) in [6, 6.07) is 0. The maximum absolute atomic E-state index is 9.74. The van der Waals surface area contributed by atoms with Gasteiger partial charge in [-0.1, -0.05) is 6.92 Å². The van der Waals surface area contributed by atoms with Gasteiger partial charge in [0.05, 0.1) is 11.8 Å². The minimum atomic E-state index is -0.613. The summed E-state index contributed by atoms with van der Waals surface area (Å²) in [6.45, 7) is 7.15. The van der Waals surface area contributed by atoms with Crippen LogP contribution in [-0.2, 0) is 6.54 Å². The molecule has 0 aromatic carbocycles. The molecule has 3 N–H and O–H groups in total. The van der Waals surface area contributed by atoms with Crippen LogP contribution in [-0.4, -0.2) is 27.4 Å². The van der Waals surface area contributed by atoms with E-state index in [0.29, 0.717) is 6.54 Å². The average molecular weight is 197 g/mol. The van der Waals surface area contributed by atoms with E-state index in [1.807, 2.05) is 27.0 Å². The molecule has 1 unspecified atom stereocenters. The standard InChI is InChI=1S/C10H19N3O/c1-4-10(3,14)7-11-5-9-6-12-13-8(9)2/h6,11,14H,4-5,7H2,1-3H3,(H,12,13). The molecule has 1 aromatic heterocycles. The number of nitrogens with one attached hydrogen (secondary N) is 2. The summed E-state index contributed by atoms with van der Waals surface area (Å²) in [5.41, 5.74) is 1.61. The highest BCUT2D eigenvalue weighted by atomic mass is 16.3. The van der Waals surface area contributed by atoms with Crippen LogP contribution in [0, 0.1) is 6.92 Å². The van der Waals surface area contributed by atoms with Gasteiger partial charge in [-0.2, -0.15) is 5.10 Å². The van der Waals surface area contributed by atoms with E-state index >= 15 is 0 Å². The molecule has 0 aliphatic rings. The molecule has 1 heterocycles. The van der Waals surface area contributed by atoms with Crippen molar-refractivity contribution >= 4 is 0 Å². The Balaban J connectivity index is 2.32. The minimum absolute atomic E-state index is 0.605. The Morgan fingerprint density at radius 3 is 2.86 bits per heavy atom. The van der Waals surface area contributed by atoms with Crippen LogP contribution in [0.2, 0.25) is 0 Å². The molecule has 4 nitrogen and oxygen atoms in total. The van der Waals surface area contributed by atoms with Gasteiger partial charge in [0.2, 0.25) is 0 Å². The second-order valence-electron chi connectivity index (χ2n) is 3.97. The van der Waals surface area contributed by atoms with Crippen molar-refractivity contribution in [2.75, 3.05) is 6.54 Å². The average Bonchev–Trinajstić information content (AvgIpc) is 2.52. The molecule has 0 bridgehead atoms. The van der Waals surface area contributed by atoms with Gasteiger partial charge in [0.15, 0.2) is 0 Å². The van der Waals surface area contributed by atoms with Crippen LogP contribution in [0.25, 0.3) is 0 Å². The molecule has 1 rings (SSSR count). The quantitative estimate of drug-likeness (QED) is 0.659. The predicted molar refractivity (Wildman–Crippen MR) is 55.9 cm³/mol. The molecule has 0 radical (unpaired) electrons. The summed E-state index contributed by atoms with van der Waals surface area (Å²) >= 11 is 0. The molecule has 0 fully saturated rings. The third kappa shape index (κ3) is 3.12. The molecule has 0 amide bonds. The number of H-pyrrole nitrogens is 1. The molecule has 4 heteroatoms. The zero-order valence-corrected chi connectivity index (χ0v) is 9.09. The van der Waals surface area contributed by atoms with Crippen LogP contribution in [0.3, 0.4) is 0 Å². The number of hydrogen-bond donors (Lipinski definition) is 3. The Hall–Kier alpha value is -0.870. The Morgan fingerprint density at radius 1 is 1.64 bits per heavy atom. The number of hydrogen-bond acceptors (Lipinski definition) is 3. The van der Waals surface area contributed by atoms with Crippen LogP contribution in [0.4, 0.5) is 0 Å². The molecule has 0 saturated heterocycles. The number of aliphatic hydroxyl groups is 1. The highest BCUT2D eigenvalue weighted by molar-refractivity contribution is 5.13. The maximum Gasteiger partial charge on any atom is 0.0741 e. The molecule has 1 atom stereocenters. The first-order valence-electron chi connectivity index (χ1n) is 4.97. The van der Waals surface area contributed by atoms with Gasteiger partial charge in [-0.05, 0) is 20.3 Å². The smallest absolute Gasteiger partial charge is 0.0741 e. The van der Waals surface area contributed by atoms with Gasteiger partial charge in [-0.25, -0.2) is 0 Å². The molecule has 0 aliphatic heterocycles. The fraction of sp³-hybridized carbons (Fsp3) is 0.700. The molecule has 0 aliphatic carbocycles. The molecule has 1 aromatic rings. The first-order valence-corrected chi connectivity index (χ1v) is 4.97.